The second-order valence-electron chi connectivity index (χ2n) is 6.14. The van der Waals surface area contributed by atoms with Crippen LogP contribution in [0.15, 0.2) is 55.1 Å². The first-order chi connectivity index (χ1) is 12.5. The van der Waals surface area contributed by atoms with E-state index in [2.05, 4.69) is 6.58 Å². The number of hydrogen-bond donors (Lipinski definition) is 1. The van der Waals surface area contributed by atoms with Crippen molar-refractivity contribution in [2.24, 2.45) is 0 Å². The van der Waals surface area contributed by atoms with Crippen molar-refractivity contribution in [1.29, 1.82) is 0 Å². The van der Waals surface area contributed by atoms with Crippen molar-refractivity contribution in [2.45, 2.75) is 32.3 Å². The number of unbranched alkanes of at least 4 members (excludes halogenated alkanes) is 1. The van der Waals surface area contributed by atoms with Crippen LogP contribution in [0.25, 0.3) is 17.2 Å². The third-order valence-corrected chi connectivity index (χ3v) is 3.94. The summed E-state index contributed by atoms with van der Waals surface area (Å²) in [6, 6.07) is 9.97. The lowest BCUT2D eigenvalue weighted by atomic mass is 10.0. The molecule has 26 heavy (non-hydrogen) atoms. The molecule has 0 aliphatic rings. The Morgan fingerprint density at radius 1 is 1.12 bits per heavy atom. The molecule has 0 heterocycles. The lowest BCUT2D eigenvalue weighted by molar-refractivity contribution is 0.182. The van der Waals surface area contributed by atoms with Crippen LogP contribution in [0.4, 0.5) is 8.78 Å². The van der Waals surface area contributed by atoms with Gasteiger partial charge in [0.15, 0.2) is 11.6 Å². The summed E-state index contributed by atoms with van der Waals surface area (Å²) in [5, 5.41) is 9.20. The van der Waals surface area contributed by atoms with E-state index >= 15 is 0 Å². The lowest BCUT2D eigenvalue weighted by Gasteiger charge is -2.08. The molecule has 0 bridgehead atoms. The van der Waals surface area contributed by atoms with Gasteiger partial charge in [0, 0.05) is 11.1 Å². The van der Waals surface area contributed by atoms with Gasteiger partial charge in [-0.3, -0.25) is 0 Å². The molecule has 2 nitrogen and oxygen atoms in total. The van der Waals surface area contributed by atoms with Crippen LogP contribution >= 0.6 is 0 Å². The molecule has 1 atom stereocenters. The second-order valence-corrected chi connectivity index (χ2v) is 6.14. The Bertz CT molecular complexity index is 749. The Kier molecular flexibility index (Phi) is 7.54. The maximum atomic E-state index is 14.4. The SMILES string of the molecule is C=CCOc1ccc(-c2ccc(/C=C/CCCC(C)O)c(F)c2F)cc1. The van der Waals surface area contributed by atoms with Crippen LogP contribution in [-0.2, 0) is 0 Å². The maximum absolute atomic E-state index is 14.4. The van der Waals surface area contributed by atoms with Gasteiger partial charge in [0.1, 0.15) is 12.4 Å². The third-order valence-electron chi connectivity index (χ3n) is 3.94. The molecule has 1 unspecified atom stereocenters. The molecule has 0 saturated carbocycles. The van der Waals surface area contributed by atoms with Crippen LogP contribution in [0.1, 0.15) is 31.7 Å². The van der Waals surface area contributed by atoms with Crippen molar-refractivity contribution in [3.8, 4) is 16.9 Å². The zero-order chi connectivity index (χ0) is 18.9. The van der Waals surface area contributed by atoms with Gasteiger partial charge in [-0.15, -0.1) is 0 Å². The first kappa shape index (κ1) is 19.9. The molecule has 2 aromatic carbocycles. The number of benzene rings is 2. The number of hydrogen-bond acceptors (Lipinski definition) is 2. The summed E-state index contributed by atoms with van der Waals surface area (Å²) in [5.41, 5.74) is 1.01. The first-order valence-corrected chi connectivity index (χ1v) is 8.69. The van der Waals surface area contributed by atoms with Crippen molar-refractivity contribution in [3.05, 3.63) is 72.3 Å². The highest BCUT2D eigenvalue weighted by molar-refractivity contribution is 5.67. The van der Waals surface area contributed by atoms with Crippen molar-refractivity contribution < 1.29 is 18.6 Å². The minimum atomic E-state index is -0.865. The van der Waals surface area contributed by atoms with E-state index in [4.69, 9.17) is 4.74 Å². The fourth-order valence-corrected chi connectivity index (χ4v) is 2.54. The van der Waals surface area contributed by atoms with Gasteiger partial charge >= 0.3 is 0 Å². The van der Waals surface area contributed by atoms with Gasteiger partial charge in [-0.25, -0.2) is 8.78 Å². The number of rotatable bonds is 9. The largest absolute Gasteiger partial charge is 0.490 e. The minimum Gasteiger partial charge on any atom is -0.490 e. The second kappa shape index (κ2) is 9.88. The molecular formula is C22H24F2O2. The number of ether oxygens (including phenoxy) is 1. The molecule has 0 fully saturated rings. The first-order valence-electron chi connectivity index (χ1n) is 8.69. The van der Waals surface area contributed by atoms with Crippen molar-refractivity contribution in [1.82, 2.24) is 0 Å². The van der Waals surface area contributed by atoms with Crippen LogP contribution in [0.2, 0.25) is 0 Å². The van der Waals surface area contributed by atoms with Crippen LogP contribution < -0.4 is 4.74 Å². The Balaban J connectivity index is 2.11. The highest BCUT2D eigenvalue weighted by Gasteiger charge is 2.13. The highest BCUT2D eigenvalue weighted by Crippen LogP contribution is 2.28. The molecule has 138 valence electrons. The molecule has 0 aliphatic carbocycles. The average Bonchev–Trinajstić information content (AvgIpc) is 2.63. The van der Waals surface area contributed by atoms with Gasteiger partial charge in [0.05, 0.1) is 6.10 Å². The molecule has 0 saturated heterocycles. The average molecular weight is 358 g/mol. The molecule has 1 N–H and O–H groups in total. The molecule has 4 heteroatoms. The minimum absolute atomic E-state index is 0.212. The summed E-state index contributed by atoms with van der Waals surface area (Å²) in [5.74, 6) is -1.08. The van der Waals surface area contributed by atoms with E-state index in [9.17, 15) is 13.9 Å². The van der Waals surface area contributed by atoms with Crippen LogP contribution in [0.5, 0.6) is 5.75 Å². The Labute approximate surface area is 153 Å². The van der Waals surface area contributed by atoms with Gasteiger partial charge in [-0.2, -0.15) is 0 Å². The molecule has 0 radical (unpaired) electrons. The monoisotopic (exact) mass is 358 g/mol. The quantitative estimate of drug-likeness (QED) is 0.456. The smallest absolute Gasteiger partial charge is 0.167 e. The van der Waals surface area contributed by atoms with Crippen LogP contribution in [0.3, 0.4) is 0 Å². The van der Waals surface area contributed by atoms with Crippen LogP contribution in [0, 0.1) is 11.6 Å². The third kappa shape index (κ3) is 5.53. The molecular weight excluding hydrogens is 334 g/mol. The maximum Gasteiger partial charge on any atom is 0.167 e. The highest BCUT2D eigenvalue weighted by atomic mass is 19.2. The predicted octanol–water partition coefficient (Wildman–Crippen LogP) is 5.76. The Morgan fingerprint density at radius 3 is 2.50 bits per heavy atom. The Morgan fingerprint density at radius 2 is 1.85 bits per heavy atom. The number of aliphatic hydroxyl groups excluding tert-OH is 1. The zero-order valence-electron chi connectivity index (χ0n) is 14.9. The predicted molar refractivity (Wildman–Crippen MR) is 102 cm³/mol. The normalized spacial score (nSPS) is 12.3. The molecule has 2 aromatic rings. The fourth-order valence-electron chi connectivity index (χ4n) is 2.54. The van der Waals surface area contributed by atoms with Gasteiger partial charge in [0.2, 0.25) is 0 Å². The summed E-state index contributed by atoms with van der Waals surface area (Å²) in [6.45, 7) is 5.70. The van der Waals surface area contributed by atoms with Crippen LogP contribution in [-0.4, -0.2) is 17.8 Å². The summed E-state index contributed by atoms with van der Waals surface area (Å²) >= 11 is 0. The number of halogens is 2. The molecule has 0 amide bonds. The summed E-state index contributed by atoms with van der Waals surface area (Å²) in [6.07, 6.45) is 6.87. The molecule has 2 rings (SSSR count). The van der Waals surface area contributed by atoms with E-state index in [0.29, 0.717) is 30.8 Å². The molecule has 0 aromatic heterocycles. The van der Waals surface area contributed by atoms with Crippen molar-refractivity contribution in [2.75, 3.05) is 6.61 Å². The van der Waals surface area contributed by atoms with E-state index in [-0.39, 0.29) is 17.2 Å². The van der Waals surface area contributed by atoms with E-state index < -0.39 is 11.6 Å². The summed E-state index contributed by atoms with van der Waals surface area (Å²) in [4.78, 5) is 0. The van der Waals surface area contributed by atoms with Gasteiger partial charge in [-0.1, -0.05) is 49.1 Å². The van der Waals surface area contributed by atoms with Gasteiger partial charge in [0.25, 0.3) is 0 Å². The number of allylic oxidation sites excluding steroid dienone is 1. The van der Waals surface area contributed by atoms with E-state index in [1.54, 1.807) is 61.5 Å². The lowest BCUT2D eigenvalue weighted by Crippen LogP contribution is -1.97. The standard InChI is InChI=1S/C22H24F2O2/c1-3-15-26-19-12-9-17(10-13-19)20-14-11-18(21(23)22(20)24)8-6-4-5-7-16(2)25/h3,6,8-14,16,25H,1,4-5,7,15H2,2H3/b8-6+. The van der Waals surface area contributed by atoms with E-state index in [1.165, 1.54) is 0 Å². The molecule has 0 aliphatic heterocycles. The number of aliphatic hydroxyl groups is 1. The van der Waals surface area contributed by atoms with Gasteiger partial charge < -0.3 is 9.84 Å². The van der Waals surface area contributed by atoms with Crippen molar-refractivity contribution in [3.63, 3.8) is 0 Å². The summed E-state index contributed by atoms with van der Waals surface area (Å²) < 4.78 is 34.2. The molecule has 0 spiro atoms. The van der Waals surface area contributed by atoms with E-state index in [0.717, 1.165) is 6.42 Å². The Hall–Kier alpha value is -2.46. The summed E-state index contributed by atoms with van der Waals surface area (Å²) in [7, 11) is 0. The topological polar surface area (TPSA) is 29.5 Å². The zero-order valence-corrected chi connectivity index (χ0v) is 14.9. The van der Waals surface area contributed by atoms with Gasteiger partial charge in [-0.05, 0) is 43.9 Å². The van der Waals surface area contributed by atoms with E-state index in [1.807, 2.05) is 0 Å². The fraction of sp³-hybridized carbons (Fsp3) is 0.273. The van der Waals surface area contributed by atoms with Crippen molar-refractivity contribution >= 4 is 6.08 Å².